The number of hydrogen-bond acceptors (Lipinski definition) is 9. The highest BCUT2D eigenvalue weighted by Crippen LogP contribution is 2.39. The van der Waals surface area contributed by atoms with Crippen molar-refractivity contribution in [2.75, 3.05) is 46.3 Å². The van der Waals surface area contributed by atoms with Gasteiger partial charge in [0, 0.05) is 32.7 Å². The van der Waals surface area contributed by atoms with Gasteiger partial charge >= 0.3 is 0 Å². The van der Waals surface area contributed by atoms with Crippen molar-refractivity contribution in [2.24, 2.45) is 28.1 Å². The van der Waals surface area contributed by atoms with Gasteiger partial charge in [-0.15, -0.1) is 0 Å². The Morgan fingerprint density at radius 2 is 1.79 bits per heavy atom. The number of epoxide rings is 1. The van der Waals surface area contributed by atoms with Gasteiger partial charge in [0.1, 0.15) is 6.23 Å². The Bertz CT molecular complexity index is 663. The number of rotatable bonds is 8. The number of aliphatic hydroxyl groups excluding tert-OH is 2. The van der Waals surface area contributed by atoms with Gasteiger partial charge in [-0.2, -0.15) is 5.11 Å². The quantitative estimate of drug-likeness (QED) is 0.371. The number of likely N-dealkylation sites (N-methyl/N-ethyl adjacent to an activating group) is 1. The molecule has 6 unspecified atom stereocenters. The van der Waals surface area contributed by atoms with Crippen molar-refractivity contribution in [1.82, 2.24) is 20.1 Å². The molecule has 1 saturated carbocycles. The van der Waals surface area contributed by atoms with Gasteiger partial charge in [-0.3, -0.25) is 20.1 Å². The van der Waals surface area contributed by atoms with Crippen molar-refractivity contribution in [3.05, 3.63) is 0 Å². The van der Waals surface area contributed by atoms with Crippen molar-refractivity contribution in [3.63, 3.8) is 0 Å². The van der Waals surface area contributed by atoms with Crippen molar-refractivity contribution in [3.8, 4) is 0 Å². The monoisotopic (exact) mass is 464 g/mol. The van der Waals surface area contributed by atoms with Crippen LogP contribution in [-0.2, 0) is 4.74 Å². The summed E-state index contributed by atoms with van der Waals surface area (Å²) in [6.07, 6.45) is 9.31. The summed E-state index contributed by atoms with van der Waals surface area (Å²) >= 11 is 0. The molecule has 0 radical (unpaired) electrons. The Balaban J connectivity index is 1.03. The van der Waals surface area contributed by atoms with E-state index in [1.165, 1.54) is 38.5 Å². The molecule has 4 heterocycles. The molecule has 3 N–H and O–H groups in total. The van der Waals surface area contributed by atoms with E-state index in [4.69, 9.17) is 4.74 Å². The molecule has 5 rings (SSSR count). The molecule has 4 aliphatic heterocycles. The number of likely N-dealkylation sites (tertiary alicyclic amines) is 2. The minimum Gasteiger partial charge on any atom is -0.393 e. The summed E-state index contributed by atoms with van der Waals surface area (Å²) in [5, 5.41) is 28.7. The lowest BCUT2D eigenvalue weighted by atomic mass is 9.84. The smallest absolute Gasteiger partial charge is 0.165 e. The number of aliphatic hydroxyl groups is 2. The number of ether oxygens (including phenoxy) is 1. The molecule has 9 nitrogen and oxygen atoms in total. The maximum absolute atomic E-state index is 11.0. The second-order valence-corrected chi connectivity index (χ2v) is 11.7. The van der Waals surface area contributed by atoms with Gasteiger partial charge in [0.05, 0.1) is 24.3 Å². The molecule has 1 aliphatic carbocycles. The summed E-state index contributed by atoms with van der Waals surface area (Å²) in [5.74, 6) is 2.11. The minimum absolute atomic E-state index is 0.0559. The molecule has 33 heavy (non-hydrogen) atoms. The van der Waals surface area contributed by atoms with Crippen LogP contribution in [-0.4, -0.2) is 102 Å². The first-order valence-corrected chi connectivity index (χ1v) is 13.2. The fourth-order valence-electron chi connectivity index (χ4n) is 6.73. The largest absolute Gasteiger partial charge is 0.393 e. The zero-order valence-corrected chi connectivity index (χ0v) is 20.5. The van der Waals surface area contributed by atoms with Crippen LogP contribution in [0.3, 0.4) is 0 Å². The third-order valence-electron chi connectivity index (χ3n) is 8.90. The van der Waals surface area contributed by atoms with Crippen molar-refractivity contribution >= 4 is 0 Å². The number of hydrogen-bond donors (Lipinski definition) is 3. The first-order valence-electron chi connectivity index (χ1n) is 13.2. The predicted molar refractivity (Wildman–Crippen MR) is 125 cm³/mol. The van der Waals surface area contributed by atoms with E-state index in [0.717, 1.165) is 44.9 Å². The Hall–Kier alpha value is -0.840. The highest BCUT2D eigenvalue weighted by atomic mass is 16.6. The van der Waals surface area contributed by atoms with Gasteiger partial charge in [-0.05, 0) is 83.1 Å². The first kappa shape index (κ1) is 23.9. The number of fused-ring (bicyclic) bond motifs is 1. The molecule has 5 aliphatic rings. The van der Waals surface area contributed by atoms with Crippen LogP contribution in [0, 0.1) is 17.8 Å². The van der Waals surface area contributed by atoms with E-state index in [9.17, 15) is 10.2 Å². The first-order chi connectivity index (χ1) is 15.9. The van der Waals surface area contributed by atoms with Crippen LogP contribution in [0.5, 0.6) is 0 Å². The highest BCUT2D eigenvalue weighted by molar-refractivity contribution is 4.94. The molecule has 0 aromatic carbocycles. The van der Waals surface area contributed by atoms with Crippen LogP contribution in [0.4, 0.5) is 0 Å². The summed E-state index contributed by atoms with van der Waals surface area (Å²) in [5.41, 5.74) is 2.89. The summed E-state index contributed by atoms with van der Waals surface area (Å²) in [6.45, 7) is 7.65. The van der Waals surface area contributed by atoms with Gasteiger partial charge in [-0.1, -0.05) is 5.22 Å². The third-order valence-corrected chi connectivity index (χ3v) is 8.90. The van der Waals surface area contributed by atoms with Crippen molar-refractivity contribution in [2.45, 2.75) is 88.6 Å². The standard InChI is InChI=1S/C24H44N6O3/c1-24(15-25-27-26-24)16-28(2)23(32)30-13-18-9-11-29(12-10-19(18)14-30)22-21(33-22)8-5-17-3-6-20(31)7-4-17/h17-23,31-32H,3-16H2,1-2H3,(H,25,26). The SMILES string of the molecule is CN(CC1(C)CN=NN1)C(O)N1CC2CCN(C3OC3CCC3CCC(O)CC3)CCC2C1. The minimum atomic E-state index is -0.552. The summed E-state index contributed by atoms with van der Waals surface area (Å²) in [4.78, 5) is 6.87. The molecule has 0 bridgehead atoms. The lowest BCUT2D eigenvalue weighted by Crippen LogP contribution is -2.54. The van der Waals surface area contributed by atoms with E-state index < -0.39 is 6.35 Å². The van der Waals surface area contributed by atoms with Crippen LogP contribution in [0.2, 0.25) is 0 Å². The van der Waals surface area contributed by atoms with E-state index in [1.807, 2.05) is 11.9 Å². The highest BCUT2D eigenvalue weighted by Gasteiger charge is 2.46. The lowest BCUT2D eigenvalue weighted by Gasteiger charge is -2.35. The molecule has 9 heteroatoms. The van der Waals surface area contributed by atoms with Crippen LogP contribution in [0.1, 0.15) is 58.3 Å². The second kappa shape index (κ2) is 10.0. The van der Waals surface area contributed by atoms with Crippen LogP contribution < -0.4 is 5.43 Å². The Morgan fingerprint density at radius 3 is 2.42 bits per heavy atom. The fraction of sp³-hybridized carbons (Fsp3) is 1.00. The van der Waals surface area contributed by atoms with Crippen LogP contribution >= 0.6 is 0 Å². The Kier molecular flexibility index (Phi) is 7.26. The molecule has 0 amide bonds. The molecule has 0 spiro atoms. The maximum atomic E-state index is 11.0. The van der Waals surface area contributed by atoms with Crippen molar-refractivity contribution < 1.29 is 14.9 Å². The van der Waals surface area contributed by atoms with E-state index >= 15 is 0 Å². The predicted octanol–water partition coefficient (Wildman–Crippen LogP) is 1.62. The molecule has 6 atom stereocenters. The molecule has 0 aromatic heterocycles. The molecule has 0 aromatic rings. The van der Waals surface area contributed by atoms with E-state index in [2.05, 4.69) is 32.5 Å². The second-order valence-electron chi connectivity index (χ2n) is 11.7. The average Bonchev–Trinajstić information content (AvgIpc) is 3.34. The van der Waals surface area contributed by atoms with Gasteiger partial charge in [0.15, 0.2) is 6.35 Å². The number of nitrogens with zero attached hydrogens (tertiary/aromatic N) is 5. The van der Waals surface area contributed by atoms with Crippen LogP contribution in [0.25, 0.3) is 0 Å². The van der Waals surface area contributed by atoms with Gasteiger partial charge in [0.25, 0.3) is 0 Å². The molecule has 3 saturated heterocycles. The van der Waals surface area contributed by atoms with Gasteiger partial charge < -0.3 is 14.9 Å². The van der Waals surface area contributed by atoms with Gasteiger partial charge in [0.2, 0.25) is 0 Å². The molecular weight excluding hydrogens is 420 g/mol. The Morgan fingerprint density at radius 1 is 1.09 bits per heavy atom. The van der Waals surface area contributed by atoms with E-state index in [-0.39, 0.29) is 11.6 Å². The lowest BCUT2D eigenvalue weighted by molar-refractivity contribution is -0.100. The summed E-state index contributed by atoms with van der Waals surface area (Å²) in [7, 11) is 1.99. The summed E-state index contributed by atoms with van der Waals surface area (Å²) < 4.78 is 6.11. The normalized spacial score (nSPS) is 42.8. The number of nitrogens with one attached hydrogen (secondary N) is 1. The van der Waals surface area contributed by atoms with E-state index in [0.29, 0.717) is 37.3 Å². The molecular formula is C24H44N6O3. The topological polar surface area (TPSA) is 99.5 Å². The maximum Gasteiger partial charge on any atom is 0.165 e. The van der Waals surface area contributed by atoms with Crippen LogP contribution in [0.15, 0.2) is 10.3 Å². The van der Waals surface area contributed by atoms with E-state index in [1.54, 1.807) is 0 Å². The van der Waals surface area contributed by atoms with Crippen molar-refractivity contribution in [1.29, 1.82) is 0 Å². The third kappa shape index (κ3) is 5.70. The zero-order chi connectivity index (χ0) is 23.0. The summed E-state index contributed by atoms with van der Waals surface area (Å²) in [6, 6.07) is 0. The molecule has 188 valence electrons. The molecule has 4 fully saturated rings. The zero-order valence-electron chi connectivity index (χ0n) is 20.5. The average molecular weight is 465 g/mol. The van der Waals surface area contributed by atoms with Gasteiger partial charge in [-0.25, -0.2) is 0 Å². The fourth-order valence-corrected chi connectivity index (χ4v) is 6.73. The Labute approximate surface area is 198 Å².